The normalized spacial score (nSPS) is 15.9. The maximum Gasteiger partial charge on any atom is 0.293 e. The molecule has 3 rings (SSSR count). The first-order valence-electron chi connectivity index (χ1n) is 7.65. The number of para-hydroxylation sites is 2. The van der Waals surface area contributed by atoms with Gasteiger partial charge in [0.2, 0.25) is 0 Å². The largest absolute Gasteiger partial charge is 0.493 e. The first-order valence-corrected chi connectivity index (χ1v) is 9.35. The lowest BCUT2D eigenvalue weighted by Crippen LogP contribution is -2.32. The van der Waals surface area contributed by atoms with Crippen LogP contribution in [0.1, 0.15) is 10.4 Å². The Labute approximate surface area is 154 Å². The molecule has 1 aliphatic heterocycles. The zero-order valence-electron chi connectivity index (χ0n) is 13.9. The van der Waals surface area contributed by atoms with Crippen LogP contribution in [0.2, 0.25) is 0 Å². The second-order valence-electron chi connectivity index (χ2n) is 5.30. The lowest BCUT2D eigenvalue weighted by Gasteiger charge is -2.14. The Morgan fingerprint density at radius 3 is 2.60 bits per heavy atom. The van der Waals surface area contributed by atoms with Gasteiger partial charge >= 0.3 is 0 Å². The third kappa shape index (κ3) is 3.88. The Hall–Kier alpha value is -2.25. The van der Waals surface area contributed by atoms with Crippen LogP contribution in [0.4, 0.5) is 4.79 Å². The molecule has 5 nitrogen and oxygen atoms in total. The average Bonchev–Trinajstić information content (AvgIpc) is 3.13. The van der Waals surface area contributed by atoms with Crippen molar-refractivity contribution >= 4 is 40.3 Å². The Kier molecular flexibility index (Phi) is 5.45. The topological polar surface area (TPSA) is 55.8 Å². The standard InChI is InChI=1S/C18H17NO4S2/c1-12-7-10-24-15(12)11-16-17(20)19(18(21)25-16)8-9-23-14-6-4-3-5-13(14)22-2/h3-7,10-11H,8-9H2,1-2H3/b16-11-. The van der Waals surface area contributed by atoms with E-state index in [1.807, 2.05) is 30.5 Å². The highest BCUT2D eigenvalue weighted by Crippen LogP contribution is 2.34. The summed E-state index contributed by atoms with van der Waals surface area (Å²) in [6, 6.07) is 9.25. The number of ether oxygens (including phenoxy) is 2. The molecular weight excluding hydrogens is 358 g/mol. The van der Waals surface area contributed by atoms with Crippen molar-refractivity contribution in [1.82, 2.24) is 4.90 Å². The highest BCUT2D eigenvalue weighted by Gasteiger charge is 2.35. The third-order valence-corrected chi connectivity index (χ3v) is 5.55. The van der Waals surface area contributed by atoms with Gasteiger partial charge in [-0.3, -0.25) is 14.5 Å². The van der Waals surface area contributed by atoms with Gasteiger partial charge < -0.3 is 9.47 Å². The van der Waals surface area contributed by atoms with Gasteiger partial charge in [-0.05, 0) is 53.9 Å². The molecule has 25 heavy (non-hydrogen) atoms. The molecule has 0 radical (unpaired) electrons. The van der Waals surface area contributed by atoms with E-state index >= 15 is 0 Å². The molecule has 1 aromatic carbocycles. The molecule has 130 valence electrons. The van der Waals surface area contributed by atoms with Crippen molar-refractivity contribution in [2.75, 3.05) is 20.3 Å². The first-order chi connectivity index (χ1) is 12.1. The number of rotatable bonds is 6. The minimum absolute atomic E-state index is 0.198. The van der Waals surface area contributed by atoms with Crippen molar-refractivity contribution < 1.29 is 19.1 Å². The molecule has 2 heterocycles. The number of aryl methyl sites for hydroxylation is 1. The third-order valence-electron chi connectivity index (χ3n) is 3.68. The van der Waals surface area contributed by atoms with Crippen LogP contribution in [0.3, 0.4) is 0 Å². The van der Waals surface area contributed by atoms with Crippen molar-refractivity contribution in [2.45, 2.75) is 6.92 Å². The first kappa shape index (κ1) is 17.6. The number of hydrogen-bond donors (Lipinski definition) is 0. The van der Waals surface area contributed by atoms with Gasteiger partial charge in [0, 0.05) is 4.88 Å². The predicted molar refractivity (Wildman–Crippen MR) is 100 cm³/mol. The van der Waals surface area contributed by atoms with E-state index in [1.165, 1.54) is 4.90 Å². The van der Waals surface area contributed by atoms with Crippen LogP contribution in [-0.2, 0) is 4.79 Å². The van der Waals surface area contributed by atoms with Crippen LogP contribution in [0.5, 0.6) is 11.5 Å². The molecule has 1 aliphatic rings. The second-order valence-corrected chi connectivity index (χ2v) is 7.24. The quantitative estimate of drug-likeness (QED) is 0.709. The number of nitrogens with zero attached hydrogens (tertiary/aromatic N) is 1. The van der Waals surface area contributed by atoms with Gasteiger partial charge in [-0.1, -0.05) is 12.1 Å². The number of thiophene rings is 1. The van der Waals surface area contributed by atoms with Crippen LogP contribution in [0.15, 0.2) is 40.6 Å². The molecule has 0 aliphatic carbocycles. The molecule has 2 amide bonds. The molecule has 0 saturated carbocycles. The summed E-state index contributed by atoms with van der Waals surface area (Å²) in [6.45, 7) is 2.39. The lowest BCUT2D eigenvalue weighted by atomic mass is 10.2. The minimum Gasteiger partial charge on any atom is -0.493 e. The summed E-state index contributed by atoms with van der Waals surface area (Å²) in [5, 5.41) is 1.70. The van der Waals surface area contributed by atoms with Gasteiger partial charge in [-0.2, -0.15) is 0 Å². The summed E-state index contributed by atoms with van der Waals surface area (Å²) in [6.07, 6.45) is 1.78. The van der Waals surface area contributed by atoms with E-state index in [1.54, 1.807) is 36.7 Å². The number of amides is 2. The van der Waals surface area contributed by atoms with Crippen LogP contribution >= 0.6 is 23.1 Å². The summed E-state index contributed by atoms with van der Waals surface area (Å²) in [7, 11) is 1.57. The number of carbonyl (C=O) groups excluding carboxylic acids is 2. The molecule has 0 unspecified atom stereocenters. The highest BCUT2D eigenvalue weighted by atomic mass is 32.2. The monoisotopic (exact) mass is 375 g/mol. The summed E-state index contributed by atoms with van der Waals surface area (Å²) in [5.41, 5.74) is 1.09. The summed E-state index contributed by atoms with van der Waals surface area (Å²) in [5.74, 6) is 0.929. The van der Waals surface area contributed by atoms with Crippen molar-refractivity contribution in [2.24, 2.45) is 0 Å². The fourth-order valence-corrected chi connectivity index (χ4v) is 4.11. The van der Waals surface area contributed by atoms with Gasteiger partial charge in [-0.25, -0.2) is 0 Å². The molecule has 1 aromatic heterocycles. The van der Waals surface area contributed by atoms with E-state index in [0.29, 0.717) is 16.4 Å². The minimum atomic E-state index is -0.272. The molecule has 2 aromatic rings. The summed E-state index contributed by atoms with van der Waals surface area (Å²) < 4.78 is 10.9. The smallest absolute Gasteiger partial charge is 0.293 e. The second kappa shape index (κ2) is 7.76. The fraction of sp³-hybridized carbons (Fsp3) is 0.222. The van der Waals surface area contributed by atoms with Crippen LogP contribution in [0, 0.1) is 6.92 Å². The van der Waals surface area contributed by atoms with Gasteiger partial charge in [-0.15, -0.1) is 11.3 Å². The Bertz CT molecular complexity index is 828. The van der Waals surface area contributed by atoms with Crippen LogP contribution in [0.25, 0.3) is 6.08 Å². The molecule has 0 N–H and O–H groups in total. The van der Waals surface area contributed by atoms with Gasteiger partial charge in [0.15, 0.2) is 11.5 Å². The molecule has 0 spiro atoms. The SMILES string of the molecule is COc1ccccc1OCCN1C(=O)S/C(=C\c2sccc2C)C1=O. The number of carbonyl (C=O) groups is 2. The van der Waals surface area contributed by atoms with E-state index < -0.39 is 0 Å². The van der Waals surface area contributed by atoms with Gasteiger partial charge in [0.05, 0.1) is 18.6 Å². The number of thioether (sulfide) groups is 1. The zero-order valence-corrected chi connectivity index (χ0v) is 15.5. The van der Waals surface area contributed by atoms with Crippen LogP contribution in [-0.4, -0.2) is 36.3 Å². The van der Waals surface area contributed by atoms with E-state index in [4.69, 9.17) is 9.47 Å². The molecule has 1 fully saturated rings. The Morgan fingerprint density at radius 1 is 1.16 bits per heavy atom. The highest BCUT2D eigenvalue weighted by molar-refractivity contribution is 8.18. The lowest BCUT2D eigenvalue weighted by molar-refractivity contribution is -0.123. The number of hydrogen-bond acceptors (Lipinski definition) is 6. The number of benzene rings is 1. The van der Waals surface area contributed by atoms with E-state index in [0.717, 1.165) is 22.2 Å². The average molecular weight is 375 g/mol. The van der Waals surface area contributed by atoms with Crippen molar-refractivity contribution in [3.63, 3.8) is 0 Å². The Balaban J connectivity index is 1.63. The number of methoxy groups -OCH3 is 1. The van der Waals surface area contributed by atoms with Crippen molar-refractivity contribution in [3.8, 4) is 11.5 Å². The van der Waals surface area contributed by atoms with Gasteiger partial charge in [0.1, 0.15) is 6.61 Å². The van der Waals surface area contributed by atoms with Gasteiger partial charge in [0.25, 0.3) is 11.1 Å². The molecule has 1 saturated heterocycles. The van der Waals surface area contributed by atoms with Crippen LogP contribution < -0.4 is 9.47 Å². The Morgan fingerprint density at radius 2 is 1.92 bits per heavy atom. The molecule has 7 heteroatoms. The molecule has 0 atom stereocenters. The van der Waals surface area contributed by atoms with E-state index in [-0.39, 0.29) is 24.3 Å². The molecular formula is C18H17NO4S2. The van der Waals surface area contributed by atoms with E-state index in [9.17, 15) is 9.59 Å². The maximum atomic E-state index is 12.5. The summed E-state index contributed by atoms with van der Waals surface area (Å²) in [4.78, 5) is 27.2. The maximum absolute atomic E-state index is 12.5. The zero-order chi connectivity index (χ0) is 17.8. The predicted octanol–water partition coefficient (Wildman–Crippen LogP) is 4.18. The molecule has 0 bridgehead atoms. The van der Waals surface area contributed by atoms with Crippen molar-refractivity contribution in [3.05, 3.63) is 51.1 Å². The van der Waals surface area contributed by atoms with Crippen molar-refractivity contribution in [1.29, 1.82) is 0 Å². The number of imide groups is 1. The van der Waals surface area contributed by atoms with E-state index in [2.05, 4.69) is 0 Å². The fourth-order valence-electron chi connectivity index (χ4n) is 2.33. The summed E-state index contributed by atoms with van der Waals surface area (Å²) >= 11 is 2.52.